The number of carbonyl (C=O) groups excluding carboxylic acids is 1. The van der Waals surface area contributed by atoms with Crippen LogP contribution < -0.4 is 14.2 Å². The Morgan fingerprint density at radius 3 is 2.00 bits per heavy atom. The van der Waals surface area contributed by atoms with Gasteiger partial charge in [-0.2, -0.15) is 4.37 Å². The average Bonchev–Trinajstić information content (AvgIpc) is 3.22. The fraction of sp³-hybridized carbons (Fsp3) is 0.200. The van der Waals surface area contributed by atoms with Gasteiger partial charge in [0.1, 0.15) is 0 Å². The highest BCUT2D eigenvalue weighted by atomic mass is 32.1. The Morgan fingerprint density at radius 1 is 0.852 bits per heavy atom. The van der Waals surface area contributed by atoms with Crippen LogP contribution in [0.1, 0.15) is 10.4 Å². The van der Waals surface area contributed by atoms with Gasteiger partial charge in [-0.1, -0.05) is 12.1 Å². The highest BCUT2D eigenvalue weighted by molar-refractivity contribution is 7.09. The van der Waals surface area contributed by atoms with Crippen molar-refractivity contribution in [1.29, 1.82) is 0 Å². The molecular formula is C20H19NO5S. The second kappa shape index (κ2) is 8.09. The fourth-order valence-electron chi connectivity index (χ4n) is 2.67. The van der Waals surface area contributed by atoms with Crippen molar-refractivity contribution in [3.63, 3.8) is 0 Å². The molecule has 2 aromatic carbocycles. The normalized spacial score (nSPS) is 10.4. The molecule has 6 nitrogen and oxygen atoms in total. The Bertz CT molecular complexity index is 924. The van der Waals surface area contributed by atoms with E-state index in [9.17, 15) is 4.79 Å². The number of esters is 1. The first kappa shape index (κ1) is 18.7. The van der Waals surface area contributed by atoms with Crippen LogP contribution in [0.25, 0.3) is 21.7 Å². The lowest BCUT2D eigenvalue weighted by molar-refractivity contribution is 0.0601. The van der Waals surface area contributed by atoms with Crippen molar-refractivity contribution in [2.45, 2.75) is 0 Å². The Kier molecular flexibility index (Phi) is 5.61. The zero-order valence-electron chi connectivity index (χ0n) is 15.4. The van der Waals surface area contributed by atoms with E-state index in [1.807, 2.05) is 30.3 Å². The van der Waals surface area contributed by atoms with Crippen molar-refractivity contribution in [3.8, 4) is 38.9 Å². The van der Waals surface area contributed by atoms with Crippen LogP contribution in [-0.2, 0) is 4.74 Å². The van der Waals surface area contributed by atoms with Crippen molar-refractivity contribution < 1.29 is 23.7 Å². The minimum Gasteiger partial charge on any atom is -0.493 e. The molecule has 0 fully saturated rings. The number of carbonyl (C=O) groups is 1. The number of rotatable bonds is 6. The molecule has 0 atom stereocenters. The van der Waals surface area contributed by atoms with Crippen LogP contribution in [0.5, 0.6) is 17.2 Å². The predicted molar refractivity (Wildman–Crippen MR) is 104 cm³/mol. The van der Waals surface area contributed by atoms with Crippen LogP contribution in [0.4, 0.5) is 0 Å². The summed E-state index contributed by atoms with van der Waals surface area (Å²) in [6, 6.07) is 12.9. The number of benzene rings is 2. The van der Waals surface area contributed by atoms with Crippen molar-refractivity contribution in [3.05, 3.63) is 48.0 Å². The first-order valence-corrected chi connectivity index (χ1v) is 8.84. The molecule has 0 unspecified atom stereocenters. The fourth-order valence-corrected chi connectivity index (χ4v) is 3.41. The summed E-state index contributed by atoms with van der Waals surface area (Å²) in [5.74, 6) is 1.36. The zero-order valence-corrected chi connectivity index (χ0v) is 16.3. The lowest BCUT2D eigenvalue weighted by Gasteiger charge is -2.13. The van der Waals surface area contributed by atoms with E-state index in [0.29, 0.717) is 22.8 Å². The highest BCUT2D eigenvalue weighted by Gasteiger charge is 2.16. The second-order valence-corrected chi connectivity index (χ2v) is 6.36. The average molecular weight is 385 g/mol. The number of aromatic nitrogens is 1. The molecule has 7 heteroatoms. The van der Waals surface area contributed by atoms with Gasteiger partial charge in [-0.25, -0.2) is 4.79 Å². The maximum atomic E-state index is 11.6. The van der Waals surface area contributed by atoms with Crippen LogP contribution >= 0.6 is 11.5 Å². The molecular weight excluding hydrogens is 366 g/mol. The number of hydrogen-bond donors (Lipinski definition) is 0. The molecule has 1 aromatic heterocycles. The molecule has 27 heavy (non-hydrogen) atoms. The van der Waals surface area contributed by atoms with E-state index >= 15 is 0 Å². The van der Waals surface area contributed by atoms with Gasteiger partial charge in [0.25, 0.3) is 0 Å². The van der Waals surface area contributed by atoms with Crippen molar-refractivity contribution in [2.75, 3.05) is 28.4 Å². The van der Waals surface area contributed by atoms with E-state index in [4.69, 9.17) is 18.9 Å². The van der Waals surface area contributed by atoms with E-state index in [1.54, 1.807) is 33.5 Å². The molecule has 0 saturated carbocycles. The highest BCUT2D eigenvalue weighted by Crippen LogP contribution is 2.42. The van der Waals surface area contributed by atoms with Gasteiger partial charge in [-0.15, -0.1) is 0 Å². The van der Waals surface area contributed by atoms with Gasteiger partial charge in [0, 0.05) is 11.1 Å². The lowest BCUT2D eigenvalue weighted by Crippen LogP contribution is -2.00. The summed E-state index contributed by atoms with van der Waals surface area (Å²) in [5, 5.41) is 0. The molecule has 0 spiro atoms. The summed E-state index contributed by atoms with van der Waals surface area (Å²) in [5.41, 5.74) is 3.15. The lowest BCUT2D eigenvalue weighted by atomic mass is 10.1. The Balaban J connectivity index is 1.95. The van der Waals surface area contributed by atoms with Crippen LogP contribution in [0.3, 0.4) is 0 Å². The summed E-state index contributed by atoms with van der Waals surface area (Å²) < 4.78 is 25.4. The standard InChI is InChI=1S/C20H19NO5S/c1-23-16-9-14(10-17(24-2)19(16)25-3)18-11-15(21-27-18)12-5-7-13(8-6-12)20(22)26-4/h5-11H,1-4H3. The monoisotopic (exact) mass is 385 g/mol. The summed E-state index contributed by atoms with van der Waals surface area (Å²) in [6.45, 7) is 0. The van der Waals surface area contributed by atoms with E-state index in [1.165, 1.54) is 18.6 Å². The molecule has 0 N–H and O–H groups in total. The molecule has 0 aliphatic rings. The minimum absolute atomic E-state index is 0.363. The third kappa shape index (κ3) is 3.73. The number of methoxy groups -OCH3 is 4. The van der Waals surface area contributed by atoms with Gasteiger partial charge in [0.05, 0.1) is 44.6 Å². The second-order valence-electron chi connectivity index (χ2n) is 5.56. The van der Waals surface area contributed by atoms with E-state index in [0.717, 1.165) is 21.7 Å². The Hall–Kier alpha value is -3.06. The van der Waals surface area contributed by atoms with E-state index in [-0.39, 0.29) is 5.97 Å². The molecule has 0 amide bonds. The first-order valence-electron chi connectivity index (χ1n) is 8.07. The largest absolute Gasteiger partial charge is 0.493 e. The van der Waals surface area contributed by atoms with Crippen LogP contribution in [0.2, 0.25) is 0 Å². The van der Waals surface area contributed by atoms with Crippen LogP contribution in [-0.4, -0.2) is 38.8 Å². The number of ether oxygens (including phenoxy) is 4. The summed E-state index contributed by atoms with van der Waals surface area (Å²) in [7, 11) is 6.10. The first-order chi connectivity index (χ1) is 13.1. The Labute approximate surface area is 161 Å². The Morgan fingerprint density at radius 2 is 1.48 bits per heavy atom. The van der Waals surface area contributed by atoms with Gasteiger partial charge < -0.3 is 18.9 Å². The van der Waals surface area contributed by atoms with Gasteiger partial charge in [0.2, 0.25) is 5.75 Å². The maximum Gasteiger partial charge on any atom is 0.337 e. The molecule has 3 aromatic rings. The smallest absolute Gasteiger partial charge is 0.337 e. The summed E-state index contributed by atoms with van der Waals surface area (Å²) >= 11 is 1.37. The molecule has 140 valence electrons. The quantitative estimate of drug-likeness (QED) is 0.590. The molecule has 1 heterocycles. The van der Waals surface area contributed by atoms with Crippen molar-refractivity contribution in [2.24, 2.45) is 0 Å². The molecule has 0 aliphatic carbocycles. The molecule has 0 radical (unpaired) electrons. The molecule has 3 rings (SSSR count). The van der Waals surface area contributed by atoms with Gasteiger partial charge in [0.15, 0.2) is 11.5 Å². The SMILES string of the molecule is COC(=O)c1ccc(-c2cc(-c3cc(OC)c(OC)c(OC)c3)sn2)cc1. The van der Waals surface area contributed by atoms with Gasteiger partial charge in [-0.05, 0) is 41.9 Å². The maximum absolute atomic E-state index is 11.6. The van der Waals surface area contributed by atoms with Crippen molar-refractivity contribution in [1.82, 2.24) is 4.37 Å². The topological polar surface area (TPSA) is 66.9 Å². The molecule has 0 bridgehead atoms. The van der Waals surface area contributed by atoms with Crippen LogP contribution in [0, 0.1) is 0 Å². The number of hydrogen-bond acceptors (Lipinski definition) is 7. The third-order valence-electron chi connectivity index (χ3n) is 4.06. The molecule has 0 saturated heterocycles. The summed E-state index contributed by atoms with van der Waals surface area (Å²) in [6.07, 6.45) is 0. The van der Waals surface area contributed by atoms with E-state index < -0.39 is 0 Å². The minimum atomic E-state index is -0.363. The number of nitrogens with zero attached hydrogens (tertiary/aromatic N) is 1. The zero-order chi connectivity index (χ0) is 19.4. The van der Waals surface area contributed by atoms with Gasteiger partial charge >= 0.3 is 5.97 Å². The summed E-state index contributed by atoms with van der Waals surface area (Å²) in [4.78, 5) is 12.5. The third-order valence-corrected chi connectivity index (χ3v) is 4.90. The van der Waals surface area contributed by atoms with Crippen molar-refractivity contribution >= 4 is 17.5 Å². The van der Waals surface area contributed by atoms with Crippen LogP contribution in [0.15, 0.2) is 42.5 Å². The van der Waals surface area contributed by atoms with Gasteiger partial charge in [-0.3, -0.25) is 0 Å². The van der Waals surface area contributed by atoms with E-state index in [2.05, 4.69) is 4.37 Å². The predicted octanol–water partition coefficient (Wildman–Crippen LogP) is 4.29. The molecule has 0 aliphatic heterocycles.